The molecule has 16 nitrogen and oxygen atoms in total. The van der Waals surface area contributed by atoms with Crippen molar-refractivity contribution in [3.63, 3.8) is 0 Å². The predicted octanol–water partition coefficient (Wildman–Crippen LogP) is 4.70. The van der Waals surface area contributed by atoms with Gasteiger partial charge in [0.15, 0.2) is 0 Å². The number of pyridine rings is 1. The molecule has 1 aromatic heterocycles. The molecule has 0 radical (unpaired) electrons. The maximum Gasteiger partial charge on any atom is 0.427 e. The van der Waals surface area contributed by atoms with Crippen LogP contribution in [0, 0.1) is 17.8 Å². The molecule has 2 aliphatic carbocycles. The Kier molecular flexibility index (Phi) is 12.9. The first-order valence-corrected chi connectivity index (χ1v) is 21.8. The van der Waals surface area contributed by atoms with Crippen LogP contribution in [-0.4, -0.2) is 110 Å². The number of nitrogens with one attached hydrogen (secondary N) is 3. The van der Waals surface area contributed by atoms with Gasteiger partial charge in [0.05, 0.1) is 31.6 Å². The van der Waals surface area contributed by atoms with Gasteiger partial charge < -0.3 is 34.5 Å². The topological polar surface area (TPSA) is 209 Å². The van der Waals surface area contributed by atoms with E-state index in [1.165, 1.54) is 20.4 Å². The number of carbonyl (C=O) groups is 5. The van der Waals surface area contributed by atoms with E-state index in [1.54, 1.807) is 31.2 Å². The molecule has 61 heavy (non-hydrogen) atoms. The Balaban J connectivity index is 1.39. The molecule has 2 saturated carbocycles. The summed E-state index contributed by atoms with van der Waals surface area (Å²) in [7, 11) is -1.36. The molecule has 7 atom stereocenters. The van der Waals surface area contributed by atoms with Gasteiger partial charge >= 0.3 is 18.2 Å². The van der Waals surface area contributed by atoms with Gasteiger partial charge in [0.25, 0.3) is 5.91 Å². The van der Waals surface area contributed by atoms with Crippen LogP contribution in [0.1, 0.15) is 89.4 Å². The second-order valence-electron chi connectivity index (χ2n) is 16.8. The minimum atomic E-state index is -4.94. The summed E-state index contributed by atoms with van der Waals surface area (Å²) in [6.07, 6.45) is -0.114. The molecule has 2 aromatic rings. The van der Waals surface area contributed by atoms with E-state index in [1.807, 2.05) is 13.0 Å². The zero-order valence-corrected chi connectivity index (χ0v) is 35.6. The van der Waals surface area contributed by atoms with Crippen molar-refractivity contribution in [1.29, 1.82) is 0 Å². The molecule has 4 amide bonds. The number of methoxy groups -OCH3 is 2. The van der Waals surface area contributed by atoms with Crippen LogP contribution in [0.3, 0.4) is 0 Å². The Morgan fingerprint density at radius 2 is 1.79 bits per heavy atom. The quantitative estimate of drug-likeness (QED) is 0.219. The van der Waals surface area contributed by atoms with E-state index in [0.717, 1.165) is 4.90 Å². The average Bonchev–Trinajstić information content (AvgIpc) is 4.13. The Labute approximate surface area is 351 Å². The van der Waals surface area contributed by atoms with E-state index in [4.69, 9.17) is 18.9 Å². The molecule has 6 rings (SSSR count). The molecule has 2 aliphatic heterocycles. The zero-order valence-electron chi connectivity index (χ0n) is 34.8. The van der Waals surface area contributed by atoms with Crippen LogP contribution in [0.4, 0.5) is 18.0 Å². The van der Waals surface area contributed by atoms with Gasteiger partial charge in [0.2, 0.25) is 33.3 Å². The Bertz CT molecular complexity index is 2200. The van der Waals surface area contributed by atoms with Crippen LogP contribution in [0.25, 0.3) is 10.8 Å². The molecule has 3 heterocycles. The highest BCUT2D eigenvalue weighted by atomic mass is 32.2. The number of ether oxygens (including phenoxy) is 4. The van der Waals surface area contributed by atoms with Crippen LogP contribution < -0.4 is 24.8 Å². The molecule has 0 spiro atoms. The summed E-state index contributed by atoms with van der Waals surface area (Å²) in [5, 5.41) is 5.17. The van der Waals surface area contributed by atoms with E-state index < -0.39 is 92.4 Å². The number of rotatable bonds is 10. The van der Waals surface area contributed by atoms with Crippen molar-refractivity contribution in [1.82, 2.24) is 25.2 Å². The smallest absolute Gasteiger partial charge is 0.427 e. The van der Waals surface area contributed by atoms with Gasteiger partial charge in [-0.05, 0) is 82.4 Å². The van der Waals surface area contributed by atoms with Crippen LogP contribution in [0.2, 0.25) is 0 Å². The molecule has 334 valence electrons. The number of aromatic nitrogens is 1. The number of halogens is 3. The van der Waals surface area contributed by atoms with Crippen molar-refractivity contribution in [2.75, 3.05) is 20.8 Å². The molecule has 20 heteroatoms. The zero-order chi connectivity index (χ0) is 44.7. The van der Waals surface area contributed by atoms with Crippen molar-refractivity contribution in [3.8, 4) is 11.6 Å². The average molecular weight is 880 g/mol. The number of benzene rings is 1. The lowest BCUT2D eigenvalue weighted by Gasteiger charge is -2.35. The fourth-order valence-electron chi connectivity index (χ4n) is 8.01. The first-order chi connectivity index (χ1) is 28.6. The summed E-state index contributed by atoms with van der Waals surface area (Å²) in [5.74, 6) is -4.08. The molecule has 3 fully saturated rings. The monoisotopic (exact) mass is 879 g/mol. The van der Waals surface area contributed by atoms with Gasteiger partial charge in [-0.2, -0.15) is 13.2 Å². The molecular weight excluding hydrogens is 828 g/mol. The number of nitrogens with zero attached hydrogens (tertiary/aromatic N) is 2. The number of fused-ring (bicyclic) bond motifs is 3. The van der Waals surface area contributed by atoms with Crippen LogP contribution >= 0.6 is 0 Å². The molecule has 4 aliphatic rings. The fraction of sp³-hybridized carbons (Fsp3) is 0.610. The minimum Gasteiger partial charge on any atom is -0.497 e. The highest BCUT2D eigenvalue weighted by molar-refractivity contribution is 7.91. The number of amides is 4. The summed E-state index contributed by atoms with van der Waals surface area (Å²) < 4.78 is 91.0. The first-order valence-electron chi connectivity index (χ1n) is 20.3. The van der Waals surface area contributed by atoms with Gasteiger partial charge in [-0.1, -0.05) is 32.4 Å². The highest BCUT2D eigenvalue weighted by Crippen LogP contribution is 2.46. The number of alkyl halides is 3. The number of sulfonamides is 1. The molecule has 0 bridgehead atoms. The minimum absolute atomic E-state index is 0.0207. The predicted molar refractivity (Wildman–Crippen MR) is 213 cm³/mol. The fourth-order valence-corrected chi connectivity index (χ4v) is 9.37. The van der Waals surface area contributed by atoms with E-state index in [0.29, 0.717) is 68.9 Å². The van der Waals surface area contributed by atoms with Crippen molar-refractivity contribution < 1.29 is 64.5 Å². The number of hydrogen-bond acceptors (Lipinski definition) is 12. The van der Waals surface area contributed by atoms with Gasteiger partial charge in [-0.3, -0.25) is 19.1 Å². The highest BCUT2D eigenvalue weighted by Gasteiger charge is 2.62. The summed E-state index contributed by atoms with van der Waals surface area (Å²) in [6, 6.07) is 1.94. The second-order valence-corrected chi connectivity index (χ2v) is 18.8. The van der Waals surface area contributed by atoms with Crippen molar-refractivity contribution in [2.45, 2.75) is 120 Å². The molecular formula is C41H52F3N5O11S. The van der Waals surface area contributed by atoms with Crippen molar-refractivity contribution >= 4 is 50.6 Å². The van der Waals surface area contributed by atoms with Crippen molar-refractivity contribution in [2.24, 2.45) is 17.8 Å². The third kappa shape index (κ3) is 9.68. The van der Waals surface area contributed by atoms with Gasteiger partial charge in [0.1, 0.15) is 29.5 Å². The molecule has 1 saturated heterocycles. The van der Waals surface area contributed by atoms with Crippen LogP contribution in [-0.2, 0) is 33.9 Å². The number of allylic oxidation sites excluding steroid dienone is 1. The molecule has 1 aromatic carbocycles. The van der Waals surface area contributed by atoms with Gasteiger partial charge in [0, 0.05) is 29.3 Å². The van der Waals surface area contributed by atoms with Gasteiger partial charge in [-0.25, -0.2) is 23.0 Å². The Hall–Kier alpha value is -5.14. The molecule has 7 unspecified atom stereocenters. The standard InChI is InChI=1S/C41H52F3N5O11S/c1-7-23-16-22(2)10-8-9-11-24-19-40(24,37(53)48-61(55,56)27-13-14-27)47-33(50)31-18-26(21-49(31)35(51)32(23)46-38(54)60-39(3,4)41(42,43)44)59-34-28-15-12-25(57-5)17-29(28)30(20-45-34)36(52)58-6/h9,11-12,15,17,20,22-24,26-27,31-32H,7-8,10,13-14,16,18-19,21H2,1-6H3,(H,46,54)(H,47,50)(H,48,53). The number of esters is 1. The molecule has 3 N–H and O–H groups in total. The van der Waals surface area contributed by atoms with E-state index in [2.05, 4.69) is 20.3 Å². The largest absolute Gasteiger partial charge is 0.497 e. The normalized spacial score (nSPS) is 27.4. The van der Waals surface area contributed by atoms with Crippen LogP contribution in [0.15, 0.2) is 36.5 Å². The van der Waals surface area contributed by atoms with E-state index in [9.17, 15) is 45.6 Å². The summed E-state index contributed by atoms with van der Waals surface area (Å²) >= 11 is 0. The summed E-state index contributed by atoms with van der Waals surface area (Å²) in [4.78, 5) is 74.8. The SMILES string of the molecule is CCC1CC(C)CCC=CC2CC2(C(=O)NS(=O)(=O)C2CC2)NC(=O)C2CC(Oc3ncc(C(=O)OC)c4cc(OC)ccc34)CN2C(=O)C1NC(=O)OC(C)(C)C(F)(F)F. The third-order valence-corrected chi connectivity index (χ3v) is 13.8. The summed E-state index contributed by atoms with van der Waals surface area (Å²) in [6.45, 7) is 4.78. The van der Waals surface area contributed by atoms with Crippen molar-refractivity contribution in [3.05, 3.63) is 42.1 Å². The number of carbonyl (C=O) groups excluding carboxylic acids is 5. The second kappa shape index (κ2) is 17.3. The lowest BCUT2D eigenvalue weighted by atomic mass is 9.85. The van der Waals surface area contributed by atoms with E-state index in [-0.39, 0.29) is 36.7 Å². The summed E-state index contributed by atoms with van der Waals surface area (Å²) in [5.41, 5.74) is -4.49. The lowest BCUT2D eigenvalue weighted by molar-refractivity contribution is -0.244. The van der Waals surface area contributed by atoms with E-state index >= 15 is 0 Å². The lowest BCUT2D eigenvalue weighted by Crippen LogP contribution is -2.59. The first kappa shape index (κ1) is 45.4. The number of alkyl carbamates (subject to hydrolysis) is 1. The third-order valence-electron chi connectivity index (χ3n) is 12.0. The Morgan fingerprint density at radius 1 is 1.07 bits per heavy atom. The van der Waals surface area contributed by atoms with Gasteiger partial charge in [-0.15, -0.1) is 0 Å². The Morgan fingerprint density at radius 3 is 2.43 bits per heavy atom. The maximum atomic E-state index is 14.9. The maximum absolute atomic E-state index is 14.9. The van der Waals surface area contributed by atoms with Crippen LogP contribution in [0.5, 0.6) is 11.6 Å². The number of hydrogen-bond donors (Lipinski definition) is 3.